The number of hydrogen-bond acceptors (Lipinski definition) is 2. The van der Waals surface area contributed by atoms with Crippen LogP contribution in [-0.2, 0) is 14.6 Å². The second kappa shape index (κ2) is 10.2. The van der Waals surface area contributed by atoms with E-state index in [1.807, 2.05) is 31.2 Å². The van der Waals surface area contributed by atoms with E-state index in [-0.39, 0.29) is 0 Å². The zero-order chi connectivity index (χ0) is 20.8. The minimum atomic E-state index is -1.84. The van der Waals surface area contributed by atoms with Crippen molar-refractivity contribution in [2.45, 2.75) is 89.8 Å². The Hall–Kier alpha value is -0.653. The third kappa shape index (κ3) is 5.45. The minimum Gasteiger partial charge on any atom is -0.481 e. The number of carbonyl (C=O) groups is 1. The van der Waals surface area contributed by atoms with Gasteiger partial charge in [-0.3, -0.25) is 4.79 Å². The molecule has 27 heavy (non-hydrogen) atoms. The summed E-state index contributed by atoms with van der Waals surface area (Å²) in [7, 11) is -1.84. The second-order valence-corrected chi connectivity index (χ2v) is 15.1. The van der Waals surface area contributed by atoms with E-state index >= 15 is 0 Å². The van der Waals surface area contributed by atoms with E-state index in [9.17, 15) is 9.90 Å². The van der Waals surface area contributed by atoms with Crippen LogP contribution in [0, 0.1) is 0 Å². The van der Waals surface area contributed by atoms with E-state index in [1.165, 1.54) is 0 Å². The molecule has 154 valence electrons. The second-order valence-electron chi connectivity index (χ2n) is 8.74. The molecule has 0 aliphatic carbocycles. The predicted octanol–water partition coefficient (Wildman–Crippen LogP) is 7.15. The van der Waals surface area contributed by atoms with Crippen molar-refractivity contribution >= 4 is 30.2 Å². The number of aliphatic carboxylic acids is 1. The molecule has 1 aromatic carbocycles. The maximum absolute atomic E-state index is 12.0. The normalized spacial score (nSPS) is 14.8. The van der Waals surface area contributed by atoms with Crippen LogP contribution in [-0.4, -0.2) is 26.0 Å². The van der Waals surface area contributed by atoms with E-state index < -0.39 is 19.7 Å². The van der Waals surface area contributed by atoms with Gasteiger partial charge in [0.05, 0.1) is 5.41 Å². The molecule has 1 atom stereocenters. The van der Waals surface area contributed by atoms with Gasteiger partial charge in [-0.2, -0.15) is 0 Å². The van der Waals surface area contributed by atoms with Crippen molar-refractivity contribution in [3.05, 3.63) is 34.3 Å². The molecule has 1 rings (SSSR count). The van der Waals surface area contributed by atoms with Crippen molar-refractivity contribution in [2.24, 2.45) is 0 Å². The topological polar surface area (TPSA) is 46.5 Å². The van der Waals surface area contributed by atoms with Crippen LogP contribution in [0.1, 0.15) is 73.3 Å². The fraction of sp³-hybridized carbons (Fsp3) is 0.682. The molecule has 1 unspecified atom stereocenters. The molecule has 0 fully saturated rings. The fourth-order valence-corrected chi connectivity index (χ4v) is 10.8. The van der Waals surface area contributed by atoms with Crippen molar-refractivity contribution in [1.82, 2.24) is 0 Å². The largest absolute Gasteiger partial charge is 0.481 e. The number of hydrogen-bond donors (Lipinski definition) is 1. The first-order valence-electron chi connectivity index (χ1n) is 10.1. The SMILES string of the molecule is CC(C)[Si](OCCCCC(C)(C(=O)O)c1ccccc1Br)(C(C)C)C(C)C. The van der Waals surface area contributed by atoms with E-state index in [0.717, 1.165) is 29.5 Å². The highest BCUT2D eigenvalue weighted by molar-refractivity contribution is 9.10. The van der Waals surface area contributed by atoms with Gasteiger partial charge in [0.25, 0.3) is 0 Å². The average Bonchev–Trinajstić information content (AvgIpc) is 2.56. The third-order valence-electron chi connectivity index (χ3n) is 6.07. The molecule has 0 bridgehead atoms. The maximum atomic E-state index is 12.0. The molecule has 5 heteroatoms. The van der Waals surface area contributed by atoms with Crippen molar-refractivity contribution in [3.63, 3.8) is 0 Å². The summed E-state index contributed by atoms with van der Waals surface area (Å²) in [5.74, 6) is -0.773. The summed E-state index contributed by atoms with van der Waals surface area (Å²) in [6.07, 6.45) is 2.34. The van der Waals surface area contributed by atoms with Crippen molar-refractivity contribution in [3.8, 4) is 0 Å². The highest BCUT2D eigenvalue weighted by atomic mass is 79.9. The lowest BCUT2D eigenvalue weighted by Gasteiger charge is -2.42. The third-order valence-corrected chi connectivity index (χ3v) is 12.9. The molecule has 0 radical (unpaired) electrons. The molecular weight excluding hydrogens is 420 g/mol. The lowest BCUT2D eigenvalue weighted by Crippen LogP contribution is -2.48. The van der Waals surface area contributed by atoms with Gasteiger partial charge in [0, 0.05) is 11.1 Å². The van der Waals surface area contributed by atoms with E-state index in [4.69, 9.17) is 4.43 Å². The molecule has 1 N–H and O–H groups in total. The number of rotatable bonds is 11. The Kier molecular flexibility index (Phi) is 9.23. The fourth-order valence-electron chi connectivity index (χ4n) is 4.60. The van der Waals surface area contributed by atoms with Gasteiger partial charge < -0.3 is 9.53 Å². The zero-order valence-corrected chi connectivity index (χ0v) is 20.6. The highest BCUT2D eigenvalue weighted by Crippen LogP contribution is 2.42. The number of carboxylic acid groups (broad SMARTS) is 1. The van der Waals surface area contributed by atoms with Crippen molar-refractivity contribution in [1.29, 1.82) is 0 Å². The molecule has 3 nitrogen and oxygen atoms in total. The van der Waals surface area contributed by atoms with Crippen LogP contribution in [0.3, 0.4) is 0 Å². The Morgan fingerprint density at radius 3 is 2.04 bits per heavy atom. The number of halogens is 1. The standard InChI is InChI=1S/C22H37BrO3Si/c1-16(2)27(17(3)4,18(5)6)26-15-11-10-14-22(7,21(24)25)19-12-8-9-13-20(19)23/h8-9,12-13,16-18H,10-11,14-15H2,1-7H3,(H,24,25). The van der Waals surface area contributed by atoms with Crippen molar-refractivity contribution in [2.75, 3.05) is 6.61 Å². The van der Waals surface area contributed by atoms with Crippen LogP contribution in [0.25, 0.3) is 0 Å². The average molecular weight is 458 g/mol. The monoisotopic (exact) mass is 456 g/mol. The molecular formula is C22H37BrO3Si. The zero-order valence-electron chi connectivity index (χ0n) is 18.0. The smallest absolute Gasteiger partial charge is 0.313 e. The van der Waals surface area contributed by atoms with Gasteiger partial charge in [-0.15, -0.1) is 0 Å². The molecule has 0 aliphatic heterocycles. The first kappa shape index (κ1) is 24.4. The van der Waals surface area contributed by atoms with Crippen LogP contribution in [0.5, 0.6) is 0 Å². The summed E-state index contributed by atoms with van der Waals surface area (Å²) < 4.78 is 7.46. The summed E-state index contributed by atoms with van der Waals surface area (Å²) in [4.78, 5) is 12.0. The van der Waals surface area contributed by atoms with Crippen LogP contribution in [0.2, 0.25) is 16.6 Å². The Labute approximate surface area is 175 Å². The molecule has 0 aliphatic rings. The molecule has 1 aromatic rings. The minimum absolute atomic E-state index is 0.571. The van der Waals surface area contributed by atoms with Crippen molar-refractivity contribution < 1.29 is 14.3 Å². The Bertz CT molecular complexity index is 594. The predicted molar refractivity (Wildman–Crippen MR) is 120 cm³/mol. The Morgan fingerprint density at radius 2 is 1.59 bits per heavy atom. The van der Waals surface area contributed by atoms with Crippen LogP contribution < -0.4 is 0 Å². The van der Waals surface area contributed by atoms with Gasteiger partial charge in [0.2, 0.25) is 0 Å². The van der Waals surface area contributed by atoms with Gasteiger partial charge in [-0.05, 0) is 54.4 Å². The lowest BCUT2D eigenvalue weighted by atomic mass is 9.78. The number of unbranched alkanes of at least 4 members (excludes halogenated alkanes) is 1. The molecule has 0 saturated carbocycles. The van der Waals surface area contributed by atoms with Crippen LogP contribution in [0.4, 0.5) is 0 Å². The summed E-state index contributed by atoms with van der Waals surface area (Å²) >= 11 is 3.51. The van der Waals surface area contributed by atoms with E-state index in [1.54, 1.807) is 0 Å². The van der Waals surface area contributed by atoms with E-state index in [2.05, 4.69) is 57.5 Å². The van der Waals surface area contributed by atoms with Gasteiger partial charge in [-0.1, -0.05) is 75.7 Å². The first-order valence-corrected chi connectivity index (χ1v) is 13.1. The van der Waals surface area contributed by atoms with E-state index in [0.29, 0.717) is 23.0 Å². The Balaban J connectivity index is 2.75. The van der Waals surface area contributed by atoms with Crippen LogP contribution >= 0.6 is 15.9 Å². The summed E-state index contributed by atoms with van der Waals surface area (Å²) in [5.41, 5.74) is 1.67. The Morgan fingerprint density at radius 1 is 1.07 bits per heavy atom. The van der Waals surface area contributed by atoms with Gasteiger partial charge >= 0.3 is 5.97 Å². The quantitative estimate of drug-likeness (QED) is 0.283. The molecule has 0 saturated heterocycles. The van der Waals surface area contributed by atoms with Gasteiger partial charge in [0.1, 0.15) is 0 Å². The van der Waals surface area contributed by atoms with Crippen LogP contribution in [0.15, 0.2) is 28.7 Å². The number of benzene rings is 1. The molecule has 0 heterocycles. The lowest BCUT2D eigenvalue weighted by molar-refractivity contribution is -0.143. The first-order chi connectivity index (χ1) is 12.5. The van der Waals surface area contributed by atoms with Gasteiger partial charge in [0.15, 0.2) is 8.32 Å². The molecule has 0 spiro atoms. The summed E-state index contributed by atoms with van der Waals surface area (Å²) in [5, 5.41) is 9.87. The summed E-state index contributed by atoms with van der Waals surface area (Å²) in [6, 6.07) is 7.63. The molecule has 0 aromatic heterocycles. The molecule has 0 amide bonds. The van der Waals surface area contributed by atoms with Gasteiger partial charge in [-0.25, -0.2) is 0 Å². The number of carboxylic acids is 1. The maximum Gasteiger partial charge on any atom is 0.313 e. The highest BCUT2D eigenvalue weighted by Gasteiger charge is 2.44. The summed E-state index contributed by atoms with van der Waals surface area (Å²) in [6.45, 7) is 16.3.